The Balaban J connectivity index is 1.93. The van der Waals surface area contributed by atoms with Crippen molar-refractivity contribution in [1.29, 1.82) is 0 Å². The maximum Gasteiger partial charge on any atom is 0.221 e. The van der Waals surface area contributed by atoms with Crippen molar-refractivity contribution in [2.24, 2.45) is 17.4 Å². The SMILES string of the molecule is NC(=O)CC(Cc1ccc(OCc2ccccc2)cc1)C(N)=O. The molecule has 23 heavy (non-hydrogen) atoms. The normalized spacial score (nSPS) is 11.7. The molecule has 120 valence electrons. The van der Waals surface area contributed by atoms with Crippen LogP contribution in [0.3, 0.4) is 0 Å². The molecule has 1 unspecified atom stereocenters. The summed E-state index contributed by atoms with van der Waals surface area (Å²) in [6.07, 6.45) is 0.346. The second-order valence-electron chi connectivity index (χ2n) is 5.39. The summed E-state index contributed by atoms with van der Waals surface area (Å²) in [6.45, 7) is 0.492. The highest BCUT2D eigenvalue weighted by Gasteiger charge is 2.18. The van der Waals surface area contributed by atoms with Crippen LogP contribution in [-0.4, -0.2) is 11.8 Å². The highest BCUT2D eigenvalue weighted by molar-refractivity contribution is 5.84. The van der Waals surface area contributed by atoms with Crippen molar-refractivity contribution in [2.45, 2.75) is 19.4 Å². The van der Waals surface area contributed by atoms with Gasteiger partial charge in [-0.2, -0.15) is 0 Å². The van der Waals surface area contributed by atoms with Crippen molar-refractivity contribution in [2.75, 3.05) is 0 Å². The van der Waals surface area contributed by atoms with Crippen molar-refractivity contribution in [1.82, 2.24) is 0 Å². The van der Waals surface area contributed by atoms with Crippen LogP contribution in [0, 0.1) is 5.92 Å². The zero-order valence-corrected chi connectivity index (χ0v) is 12.8. The summed E-state index contributed by atoms with van der Waals surface area (Å²) in [5, 5.41) is 0. The summed E-state index contributed by atoms with van der Waals surface area (Å²) < 4.78 is 5.70. The Kier molecular flexibility index (Phi) is 5.74. The van der Waals surface area contributed by atoms with Gasteiger partial charge in [-0.15, -0.1) is 0 Å². The monoisotopic (exact) mass is 312 g/mol. The summed E-state index contributed by atoms with van der Waals surface area (Å²) in [7, 11) is 0. The predicted molar refractivity (Wildman–Crippen MR) is 87.4 cm³/mol. The van der Waals surface area contributed by atoms with Crippen molar-refractivity contribution in [3.63, 3.8) is 0 Å². The molecule has 0 fully saturated rings. The van der Waals surface area contributed by atoms with Gasteiger partial charge in [0.05, 0.1) is 5.92 Å². The second-order valence-corrected chi connectivity index (χ2v) is 5.39. The average Bonchev–Trinajstić information content (AvgIpc) is 2.54. The number of carbonyl (C=O) groups excluding carboxylic acids is 2. The summed E-state index contributed by atoms with van der Waals surface area (Å²) >= 11 is 0. The van der Waals surface area contributed by atoms with E-state index in [4.69, 9.17) is 16.2 Å². The quantitative estimate of drug-likeness (QED) is 0.777. The third-order valence-electron chi connectivity index (χ3n) is 3.50. The number of primary amides is 2. The number of benzene rings is 2. The van der Waals surface area contributed by atoms with Crippen LogP contribution in [0.25, 0.3) is 0 Å². The summed E-state index contributed by atoms with van der Waals surface area (Å²) in [5.41, 5.74) is 12.4. The highest BCUT2D eigenvalue weighted by atomic mass is 16.5. The van der Waals surface area contributed by atoms with Crippen LogP contribution in [0.1, 0.15) is 17.5 Å². The Morgan fingerprint density at radius 2 is 1.57 bits per heavy atom. The lowest BCUT2D eigenvalue weighted by Gasteiger charge is -2.12. The minimum Gasteiger partial charge on any atom is -0.489 e. The van der Waals surface area contributed by atoms with Crippen LogP contribution in [0.4, 0.5) is 0 Å². The predicted octanol–water partition coefficient (Wildman–Crippen LogP) is 1.78. The number of ether oxygens (including phenoxy) is 1. The molecule has 2 rings (SSSR count). The molecular formula is C18H20N2O3. The van der Waals surface area contributed by atoms with Crippen LogP contribution in [0.2, 0.25) is 0 Å². The molecule has 5 heteroatoms. The fraction of sp³-hybridized carbons (Fsp3) is 0.222. The third-order valence-corrected chi connectivity index (χ3v) is 3.50. The van der Waals surface area contributed by atoms with Crippen LogP contribution in [0.15, 0.2) is 54.6 Å². The molecule has 0 aromatic heterocycles. The standard InChI is InChI=1S/C18H20N2O3/c19-17(21)11-15(18(20)22)10-13-6-8-16(9-7-13)23-12-14-4-2-1-3-5-14/h1-9,15H,10-12H2,(H2,19,21)(H2,20,22). The van der Waals surface area contributed by atoms with E-state index in [0.29, 0.717) is 13.0 Å². The summed E-state index contributed by atoms with van der Waals surface area (Å²) in [5.74, 6) is -0.892. The Labute approximate surface area is 135 Å². The van der Waals surface area contributed by atoms with Crippen LogP contribution in [-0.2, 0) is 22.6 Å². The van der Waals surface area contributed by atoms with Gasteiger partial charge in [0.25, 0.3) is 0 Å². The maximum absolute atomic E-state index is 11.4. The first-order valence-corrected chi connectivity index (χ1v) is 7.38. The molecule has 0 heterocycles. The molecule has 2 aromatic rings. The first kappa shape index (κ1) is 16.5. The smallest absolute Gasteiger partial charge is 0.221 e. The number of nitrogens with two attached hydrogens (primary N) is 2. The molecule has 0 spiro atoms. The summed E-state index contributed by atoms with van der Waals surface area (Å²) in [6, 6.07) is 17.3. The fourth-order valence-corrected chi connectivity index (χ4v) is 2.26. The molecule has 4 N–H and O–H groups in total. The van der Waals surface area contributed by atoms with E-state index in [-0.39, 0.29) is 6.42 Å². The molecule has 2 amide bonds. The number of rotatable bonds is 8. The first-order chi connectivity index (χ1) is 11.0. The van der Waals surface area contributed by atoms with Gasteiger partial charge in [0.2, 0.25) is 11.8 Å². The number of carbonyl (C=O) groups is 2. The van der Waals surface area contributed by atoms with Gasteiger partial charge in [-0.05, 0) is 29.7 Å². The van der Waals surface area contributed by atoms with E-state index in [1.165, 1.54) is 0 Å². The molecule has 5 nitrogen and oxygen atoms in total. The number of hydrogen-bond acceptors (Lipinski definition) is 3. The molecule has 0 aliphatic rings. The molecule has 0 bridgehead atoms. The Morgan fingerprint density at radius 1 is 0.913 bits per heavy atom. The van der Waals surface area contributed by atoms with Crippen molar-refractivity contribution < 1.29 is 14.3 Å². The van der Waals surface area contributed by atoms with Gasteiger partial charge in [0.15, 0.2) is 0 Å². The average molecular weight is 312 g/mol. The van der Waals surface area contributed by atoms with E-state index in [0.717, 1.165) is 16.9 Å². The van der Waals surface area contributed by atoms with Crippen LogP contribution >= 0.6 is 0 Å². The Morgan fingerprint density at radius 3 is 2.13 bits per heavy atom. The largest absolute Gasteiger partial charge is 0.489 e. The molecule has 0 aliphatic heterocycles. The van der Waals surface area contributed by atoms with Gasteiger partial charge >= 0.3 is 0 Å². The van der Waals surface area contributed by atoms with Crippen molar-refractivity contribution in [3.05, 3.63) is 65.7 Å². The lowest BCUT2D eigenvalue weighted by molar-refractivity contribution is -0.126. The lowest BCUT2D eigenvalue weighted by Crippen LogP contribution is -2.29. The molecule has 1 atom stereocenters. The van der Waals surface area contributed by atoms with Crippen molar-refractivity contribution in [3.8, 4) is 5.75 Å². The van der Waals surface area contributed by atoms with Gasteiger partial charge in [0.1, 0.15) is 12.4 Å². The van der Waals surface area contributed by atoms with Gasteiger partial charge in [-0.3, -0.25) is 9.59 Å². The Hall–Kier alpha value is -2.82. The van der Waals surface area contributed by atoms with E-state index in [1.54, 1.807) is 0 Å². The van der Waals surface area contributed by atoms with Gasteiger partial charge < -0.3 is 16.2 Å². The maximum atomic E-state index is 11.4. The van der Waals surface area contributed by atoms with E-state index < -0.39 is 17.7 Å². The number of hydrogen-bond donors (Lipinski definition) is 2. The van der Waals surface area contributed by atoms with E-state index in [1.807, 2.05) is 54.6 Å². The molecule has 0 aliphatic carbocycles. The minimum absolute atomic E-state index is 0.0401. The second kappa shape index (κ2) is 7.98. The van der Waals surface area contributed by atoms with Crippen LogP contribution < -0.4 is 16.2 Å². The zero-order chi connectivity index (χ0) is 16.7. The fourth-order valence-electron chi connectivity index (χ4n) is 2.26. The molecular weight excluding hydrogens is 292 g/mol. The van der Waals surface area contributed by atoms with Gasteiger partial charge in [-0.25, -0.2) is 0 Å². The van der Waals surface area contributed by atoms with E-state index in [9.17, 15) is 9.59 Å². The first-order valence-electron chi connectivity index (χ1n) is 7.38. The Bertz CT molecular complexity index is 654. The number of amides is 2. The molecule has 0 saturated heterocycles. The topological polar surface area (TPSA) is 95.4 Å². The summed E-state index contributed by atoms with van der Waals surface area (Å²) in [4.78, 5) is 22.3. The van der Waals surface area contributed by atoms with Gasteiger partial charge in [-0.1, -0.05) is 42.5 Å². The lowest BCUT2D eigenvalue weighted by atomic mass is 9.95. The minimum atomic E-state index is -0.580. The third kappa shape index (κ3) is 5.47. The van der Waals surface area contributed by atoms with E-state index >= 15 is 0 Å². The van der Waals surface area contributed by atoms with Gasteiger partial charge in [0, 0.05) is 6.42 Å². The van der Waals surface area contributed by atoms with Crippen molar-refractivity contribution >= 4 is 11.8 Å². The molecule has 2 aromatic carbocycles. The zero-order valence-electron chi connectivity index (χ0n) is 12.8. The highest BCUT2D eigenvalue weighted by Crippen LogP contribution is 2.18. The molecule has 0 radical (unpaired) electrons. The molecule has 0 saturated carbocycles. The van der Waals surface area contributed by atoms with E-state index in [2.05, 4.69) is 0 Å². The van der Waals surface area contributed by atoms with Crippen LogP contribution in [0.5, 0.6) is 5.75 Å².